The van der Waals surface area contributed by atoms with Crippen LogP contribution in [0.5, 0.6) is 23.0 Å². The van der Waals surface area contributed by atoms with Crippen LogP contribution in [0.3, 0.4) is 0 Å². The lowest BCUT2D eigenvalue weighted by atomic mass is 10.0. The number of rotatable bonds is 18. The Bertz CT molecular complexity index is 3610. The average Bonchev–Trinajstić information content (AvgIpc) is 3.41. The molecule has 0 unspecified atom stereocenters. The number of aryl methyl sites for hydroxylation is 2. The molecule has 6 aromatic carbocycles. The number of nitrogens with zero attached hydrogens (tertiary/aromatic N) is 6. The van der Waals surface area contributed by atoms with Crippen LogP contribution in [0.1, 0.15) is 24.2 Å². The van der Waals surface area contributed by atoms with Crippen molar-refractivity contribution in [2.45, 2.75) is 25.7 Å². The zero-order valence-electron chi connectivity index (χ0n) is 40.5. The van der Waals surface area contributed by atoms with Crippen LogP contribution in [0.15, 0.2) is 182 Å². The van der Waals surface area contributed by atoms with E-state index < -0.39 is 9.84 Å². The molecule has 0 aliphatic rings. The number of anilines is 4. The number of nitrogens with one attached hydrogen (secondary N) is 2. The van der Waals surface area contributed by atoms with E-state index in [1.54, 1.807) is 18.5 Å². The lowest BCUT2D eigenvalue weighted by Crippen LogP contribution is -2.04. The van der Waals surface area contributed by atoms with Gasteiger partial charge in [0.1, 0.15) is 44.2 Å². The van der Waals surface area contributed by atoms with Crippen molar-refractivity contribution in [3.05, 3.63) is 204 Å². The fourth-order valence-electron chi connectivity index (χ4n) is 8.02. The first-order valence-electron chi connectivity index (χ1n) is 23.7. The maximum Gasteiger partial charge on any atom is 0.161 e. The molecule has 0 aliphatic heterocycles. The van der Waals surface area contributed by atoms with Crippen LogP contribution in [-0.2, 0) is 22.7 Å². The molecule has 12 nitrogen and oxygen atoms in total. The van der Waals surface area contributed by atoms with Gasteiger partial charge in [0, 0.05) is 96.3 Å². The monoisotopic (exact) mass is 1060 g/mol. The van der Waals surface area contributed by atoms with Crippen molar-refractivity contribution in [2.75, 3.05) is 34.7 Å². The third kappa shape index (κ3) is 13.9. The molecule has 0 spiro atoms. The van der Waals surface area contributed by atoms with Crippen molar-refractivity contribution in [1.29, 1.82) is 0 Å². The summed E-state index contributed by atoms with van der Waals surface area (Å²) >= 11 is 14.0. The summed E-state index contributed by atoms with van der Waals surface area (Å²) < 4.78 is 34.8. The molecule has 0 radical (unpaired) electrons. The molecule has 4 aromatic heterocycles. The molecule has 0 aliphatic carbocycles. The Morgan fingerprint density at radius 1 is 0.500 bits per heavy atom. The first-order chi connectivity index (χ1) is 36.0. The van der Waals surface area contributed by atoms with Gasteiger partial charge in [-0.25, -0.2) is 8.42 Å². The number of ether oxygens (including phenoxy) is 2. The van der Waals surface area contributed by atoms with Gasteiger partial charge in [-0.15, -0.1) is 20.4 Å². The maximum atomic E-state index is 11.4. The molecule has 10 rings (SSSR count). The molecule has 0 saturated heterocycles. The Morgan fingerprint density at radius 3 is 1.34 bits per heavy atom. The van der Waals surface area contributed by atoms with Crippen molar-refractivity contribution in [3.8, 4) is 45.5 Å². The summed E-state index contributed by atoms with van der Waals surface area (Å²) in [5, 5.41) is 30.1. The molecule has 10 aromatic rings. The molecule has 0 fully saturated rings. The van der Waals surface area contributed by atoms with E-state index in [1.165, 1.54) is 6.26 Å². The number of sulfone groups is 1. The quantitative estimate of drug-likeness (QED) is 0.0784. The summed E-state index contributed by atoms with van der Waals surface area (Å²) in [6, 6.07) is 54.2. The number of pyridine rings is 2. The normalized spacial score (nSPS) is 11.2. The topological polar surface area (TPSA) is 154 Å². The Labute approximate surface area is 444 Å². The van der Waals surface area contributed by atoms with Crippen LogP contribution in [0, 0.1) is 0 Å². The Morgan fingerprint density at radius 2 is 0.919 bits per heavy atom. The second-order valence-corrected chi connectivity index (χ2v) is 21.3. The minimum absolute atomic E-state index is 0.137. The third-order valence-corrected chi connectivity index (χ3v) is 13.9. The summed E-state index contributed by atoms with van der Waals surface area (Å²) in [5.74, 6) is 5.47. The molecule has 0 amide bonds. The molecular weight excluding hydrogens is 1010 g/mol. The number of thioether (sulfide) groups is 1. The molecular formula is C58H50Cl2N8O4S2. The van der Waals surface area contributed by atoms with Crippen molar-refractivity contribution >= 4 is 89.4 Å². The molecule has 0 saturated carbocycles. The van der Waals surface area contributed by atoms with Crippen molar-refractivity contribution in [1.82, 2.24) is 30.4 Å². The zero-order chi connectivity index (χ0) is 51.3. The van der Waals surface area contributed by atoms with Gasteiger partial charge < -0.3 is 20.1 Å². The van der Waals surface area contributed by atoms with Gasteiger partial charge in [-0.1, -0.05) is 96.0 Å². The SMILES string of the molecule is CS(=O)(=O)CCCc1cc(Oc2ccc(Nc3nnc(-c4ccc(Cl)cc4)c4ccccc34)cc2)ccn1.CSCCCc1cc(Oc2ccc(Nc3nnc(-c4ccc(Cl)cc4)c4ccccc34)cc2)ccn1. The van der Waals surface area contributed by atoms with E-state index in [9.17, 15) is 8.42 Å². The minimum Gasteiger partial charge on any atom is -0.457 e. The molecule has 0 atom stereocenters. The first kappa shape index (κ1) is 51.3. The van der Waals surface area contributed by atoms with Gasteiger partial charge >= 0.3 is 0 Å². The number of aromatic nitrogens is 6. The minimum atomic E-state index is -2.99. The summed E-state index contributed by atoms with van der Waals surface area (Å²) in [5.41, 5.74) is 7.10. The summed E-state index contributed by atoms with van der Waals surface area (Å²) in [7, 11) is -2.99. The molecule has 2 N–H and O–H groups in total. The lowest BCUT2D eigenvalue weighted by molar-refractivity contribution is 0.480. The Kier molecular flexibility index (Phi) is 16.9. The highest BCUT2D eigenvalue weighted by molar-refractivity contribution is 7.98. The second kappa shape index (κ2) is 24.4. The number of halogens is 2. The van der Waals surface area contributed by atoms with E-state index in [4.69, 9.17) is 32.7 Å². The Hall–Kier alpha value is -7.62. The fourth-order valence-corrected chi connectivity index (χ4v) is 9.37. The number of fused-ring (bicyclic) bond motifs is 2. The van der Waals surface area contributed by atoms with E-state index in [1.807, 2.05) is 169 Å². The molecule has 4 heterocycles. The van der Waals surface area contributed by atoms with E-state index in [2.05, 4.69) is 53.3 Å². The fraction of sp³-hybridized carbons (Fsp3) is 0.138. The largest absolute Gasteiger partial charge is 0.457 e. The van der Waals surface area contributed by atoms with Gasteiger partial charge in [0.25, 0.3) is 0 Å². The third-order valence-electron chi connectivity index (χ3n) is 11.6. The predicted octanol–water partition coefficient (Wildman–Crippen LogP) is 15.0. The first-order valence-corrected chi connectivity index (χ1v) is 27.9. The highest BCUT2D eigenvalue weighted by Gasteiger charge is 2.14. The lowest BCUT2D eigenvalue weighted by Gasteiger charge is -2.12. The molecule has 0 bridgehead atoms. The van der Waals surface area contributed by atoms with E-state index in [0.29, 0.717) is 46.0 Å². The summed E-state index contributed by atoms with van der Waals surface area (Å²) in [6.07, 6.45) is 9.98. The van der Waals surface area contributed by atoms with E-state index >= 15 is 0 Å². The predicted molar refractivity (Wildman–Crippen MR) is 303 cm³/mol. The van der Waals surface area contributed by atoms with Crippen LogP contribution in [0.2, 0.25) is 10.0 Å². The molecule has 16 heteroatoms. The van der Waals surface area contributed by atoms with Gasteiger partial charge in [0.05, 0.1) is 5.75 Å². The van der Waals surface area contributed by atoms with Crippen LogP contribution in [-0.4, -0.2) is 62.8 Å². The molecule has 74 heavy (non-hydrogen) atoms. The highest BCUT2D eigenvalue weighted by atomic mass is 35.5. The van der Waals surface area contributed by atoms with Gasteiger partial charge in [0.2, 0.25) is 0 Å². The zero-order valence-corrected chi connectivity index (χ0v) is 43.6. The highest BCUT2D eigenvalue weighted by Crippen LogP contribution is 2.35. The van der Waals surface area contributed by atoms with Crippen LogP contribution in [0.25, 0.3) is 44.1 Å². The maximum absolute atomic E-state index is 11.4. The van der Waals surface area contributed by atoms with Gasteiger partial charge in [-0.3, -0.25) is 9.97 Å². The molecule has 372 valence electrons. The van der Waals surface area contributed by atoms with Gasteiger partial charge in [0.15, 0.2) is 11.6 Å². The summed E-state index contributed by atoms with van der Waals surface area (Å²) in [4.78, 5) is 8.76. The van der Waals surface area contributed by atoms with Crippen molar-refractivity contribution < 1.29 is 17.9 Å². The average molecular weight is 1060 g/mol. The van der Waals surface area contributed by atoms with Crippen molar-refractivity contribution in [3.63, 3.8) is 0 Å². The van der Waals surface area contributed by atoms with Crippen LogP contribution in [0.4, 0.5) is 23.0 Å². The van der Waals surface area contributed by atoms with Crippen molar-refractivity contribution in [2.24, 2.45) is 0 Å². The summed E-state index contributed by atoms with van der Waals surface area (Å²) in [6.45, 7) is 0. The van der Waals surface area contributed by atoms with E-state index in [0.717, 1.165) is 96.9 Å². The Balaban J connectivity index is 0.000000182. The second-order valence-electron chi connectivity index (χ2n) is 17.2. The van der Waals surface area contributed by atoms with Crippen LogP contribution < -0.4 is 20.1 Å². The van der Waals surface area contributed by atoms with Gasteiger partial charge in [-0.2, -0.15) is 11.8 Å². The van der Waals surface area contributed by atoms with Crippen LogP contribution >= 0.6 is 35.0 Å². The standard InChI is InChI=1S/C29H25ClN4O3S.C29H25ClN4OS/c1-38(35,36)18-4-5-23-19-25(16-17-31-23)37-24-14-12-22(13-15-24)32-29-27-7-3-2-6-26(27)28(33-34-29)20-8-10-21(30)11-9-20;1-36-18-4-5-23-19-25(16-17-31-23)35-24-14-12-22(13-15-24)32-29-27-7-3-2-6-26(27)28(33-34-29)20-8-10-21(30)11-9-20/h2-3,6-17,19H,4-5,18H2,1H3,(H,32,34);2-3,6-17,19H,4-5,18H2,1H3,(H,32,34). The van der Waals surface area contributed by atoms with Gasteiger partial charge in [-0.05, 0) is 123 Å². The number of benzene rings is 6. The van der Waals surface area contributed by atoms with E-state index in [-0.39, 0.29) is 5.75 Å². The smallest absolute Gasteiger partial charge is 0.161 e. The number of hydrogen-bond donors (Lipinski definition) is 2. The number of hydrogen-bond acceptors (Lipinski definition) is 13.